The van der Waals surface area contributed by atoms with E-state index in [-0.39, 0.29) is 11.7 Å². The molecule has 2 heterocycles. The maximum Gasteiger partial charge on any atom is 0.225 e. The number of likely N-dealkylation sites (tertiary alicyclic amines) is 2. The SMILES string of the molecule is CC(=O)c1c(C)cc(C)c(CN2CCC(C(=O)N3CCCCC3)CC2)c1C. The van der Waals surface area contributed by atoms with E-state index in [1.807, 2.05) is 6.92 Å². The molecule has 2 aliphatic heterocycles. The van der Waals surface area contributed by atoms with Crippen molar-refractivity contribution in [2.45, 2.75) is 66.3 Å². The number of hydrogen-bond acceptors (Lipinski definition) is 3. The van der Waals surface area contributed by atoms with Crippen LogP contribution in [0.15, 0.2) is 6.07 Å². The Morgan fingerprint density at radius 2 is 1.59 bits per heavy atom. The van der Waals surface area contributed by atoms with Crippen molar-refractivity contribution in [2.75, 3.05) is 26.2 Å². The quantitative estimate of drug-likeness (QED) is 0.751. The van der Waals surface area contributed by atoms with E-state index < -0.39 is 0 Å². The second kappa shape index (κ2) is 8.55. The zero-order valence-corrected chi connectivity index (χ0v) is 17.4. The molecule has 2 fully saturated rings. The van der Waals surface area contributed by atoms with Crippen molar-refractivity contribution < 1.29 is 9.59 Å². The predicted octanol–water partition coefficient (Wildman–Crippen LogP) is 4.04. The molecule has 0 unspecified atom stereocenters. The van der Waals surface area contributed by atoms with Gasteiger partial charge in [-0.2, -0.15) is 0 Å². The Bertz CT molecular complexity index is 712. The molecule has 0 atom stereocenters. The van der Waals surface area contributed by atoms with Gasteiger partial charge in [0.05, 0.1) is 0 Å². The lowest BCUT2D eigenvalue weighted by Crippen LogP contribution is -2.44. The highest BCUT2D eigenvalue weighted by atomic mass is 16.2. The van der Waals surface area contributed by atoms with E-state index in [2.05, 4.69) is 29.7 Å². The van der Waals surface area contributed by atoms with Crippen molar-refractivity contribution in [3.8, 4) is 0 Å². The molecule has 0 N–H and O–H groups in total. The van der Waals surface area contributed by atoms with Crippen LogP contribution in [-0.4, -0.2) is 47.7 Å². The van der Waals surface area contributed by atoms with Crippen LogP contribution in [0.25, 0.3) is 0 Å². The Kier molecular flexibility index (Phi) is 6.36. The zero-order chi connectivity index (χ0) is 19.6. The molecule has 0 aromatic heterocycles. The summed E-state index contributed by atoms with van der Waals surface area (Å²) in [7, 11) is 0. The van der Waals surface area contributed by atoms with Crippen molar-refractivity contribution in [3.05, 3.63) is 33.9 Å². The standard InChI is InChI=1S/C23H34N2O2/c1-16-14-17(2)22(19(4)26)18(3)21(16)15-24-12-8-20(9-13-24)23(27)25-10-6-5-7-11-25/h14,20H,5-13,15H2,1-4H3. The largest absolute Gasteiger partial charge is 0.342 e. The molecular weight excluding hydrogens is 336 g/mol. The van der Waals surface area contributed by atoms with Crippen LogP contribution in [0.2, 0.25) is 0 Å². The molecule has 1 aromatic carbocycles. The molecule has 0 aliphatic carbocycles. The predicted molar refractivity (Wildman–Crippen MR) is 109 cm³/mol. The van der Waals surface area contributed by atoms with Gasteiger partial charge in [0.15, 0.2) is 5.78 Å². The molecule has 2 aliphatic rings. The highest BCUT2D eigenvalue weighted by Gasteiger charge is 2.29. The van der Waals surface area contributed by atoms with Gasteiger partial charge in [-0.15, -0.1) is 0 Å². The molecule has 4 nitrogen and oxygen atoms in total. The third kappa shape index (κ3) is 4.43. The summed E-state index contributed by atoms with van der Waals surface area (Å²) in [5.74, 6) is 0.736. The fourth-order valence-electron chi connectivity index (χ4n) is 4.95. The lowest BCUT2D eigenvalue weighted by Gasteiger charge is -2.36. The maximum absolute atomic E-state index is 12.8. The number of amides is 1. The van der Waals surface area contributed by atoms with Crippen molar-refractivity contribution in [1.29, 1.82) is 0 Å². The van der Waals surface area contributed by atoms with Gasteiger partial charge in [-0.05, 0) is 95.1 Å². The Morgan fingerprint density at radius 3 is 2.19 bits per heavy atom. The van der Waals surface area contributed by atoms with E-state index >= 15 is 0 Å². The second-order valence-electron chi connectivity index (χ2n) is 8.48. The molecule has 0 spiro atoms. The monoisotopic (exact) mass is 370 g/mol. The van der Waals surface area contributed by atoms with Gasteiger partial charge in [-0.25, -0.2) is 0 Å². The Balaban J connectivity index is 1.63. The number of Topliss-reactive ketones (excluding diaryl/α,β-unsaturated/α-hetero) is 1. The fourth-order valence-corrected chi connectivity index (χ4v) is 4.95. The Hall–Kier alpha value is -1.68. The van der Waals surface area contributed by atoms with Crippen LogP contribution in [-0.2, 0) is 11.3 Å². The maximum atomic E-state index is 12.8. The molecule has 0 bridgehead atoms. The van der Waals surface area contributed by atoms with Crippen molar-refractivity contribution in [2.24, 2.45) is 5.92 Å². The molecular formula is C23H34N2O2. The van der Waals surface area contributed by atoms with Crippen molar-refractivity contribution >= 4 is 11.7 Å². The summed E-state index contributed by atoms with van der Waals surface area (Å²) < 4.78 is 0. The molecule has 148 valence electrons. The molecule has 2 saturated heterocycles. The number of piperidine rings is 2. The first-order valence-corrected chi connectivity index (χ1v) is 10.5. The van der Waals surface area contributed by atoms with E-state index in [1.165, 1.54) is 17.5 Å². The molecule has 4 heteroatoms. The number of carbonyl (C=O) groups is 2. The first kappa shape index (κ1) is 20.1. The summed E-state index contributed by atoms with van der Waals surface area (Å²) in [6.45, 7) is 12.6. The Labute approximate surface area is 163 Å². The summed E-state index contributed by atoms with van der Waals surface area (Å²) in [4.78, 5) is 29.4. The van der Waals surface area contributed by atoms with E-state index in [1.54, 1.807) is 6.92 Å². The molecule has 0 radical (unpaired) electrons. The highest BCUT2D eigenvalue weighted by molar-refractivity contribution is 5.97. The lowest BCUT2D eigenvalue weighted by molar-refractivity contribution is -0.138. The minimum Gasteiger partial charge on any atom is -0.342 e. The van der Waals surface area contributed by atoms with Gasteiger partial charge >= 0.3 is 0 Å². The number of rotatable bonds is 4. The molecule has 27 heavy (non-hydrogen) atoms. The van der Waals surface area contributed by atoms with Crippen LogP contribution in [0.3, 0.4) is 0 Å². The third-order valence-electron chi connectivity index (χ3n) is 6.47. The van der Waals surface area contributed by atoms with Gasteiger partial charge < -0.3 is 4.90 Å². The van der Waals surface area contributed by atoms with E-state index in [0.29, 0.717) is 5.91 Å². The topological polar surface area (TPSA) is 40.6 Å². The van der Waals surface area contributed by atoms with Gasteiger partial charge in [0, 0.05) is 31.1 Å². The van der Waals surface area contributed by atoms with Crippen LogP contribution in [0.1, 0.15) is 71.6 Å². The number of hydrogen-bond donors (Lipinski definition) is 0. The van der Waals surface area contributed by atoms with Gasteiger partial charge in [-0.3, -0.25) is 14.5 Å². The molecule has 1 amide bonds. The highest BCUT2D eigenvalue weighted by Crippen LogP contribution is 2.27. The first-order chi connectivity index (χ1) is 12.9. The smallest absolute Gasteiger partial charge is 0.225 e. The summed E-state index contributed by atoms with van der Waals surface area (Å²) in [5, 5.41) is 0. The third-order valence-corrected chi connectivity index (χ3v) is 6.47. The number of carbonyl (C=O) groups excluding carboxylic acids is 2. The molecule has 3 rings (SSSR count). The van der Waals surface area contributed by atoms with E-state index in [4.69, 9.17) is 0 Å². The zero-order valence-electron chi connectivity index (χ0n) is 17.4. The summed E-state index contributed by atoms with van der Waals surface area (Å²) in [6, 6.07) is 2.14. The number of nitrogens with zero attached hydrogens (tertiary/aromatic N) is 2. The van der Waals surface area contributed by atoms with Crippen LogP contribution in [0.5, 0.6) is 0 Å². The minimum atomic E-state index is 0.150. The summed E-state index contributed by atoms with van der Waals surface area (Å²) in [5.41, 5.74) is 5.64. The fraction of sp³-hybridized carbons (Fsp3) is 0.652. The summed E-state index contributed by atoms with van der Waals surface area (Å²) in [6.07, 6.45) is 5.50. The average molecular weight is 371 g/mol. The van der Waals surface area contributed by atoms with Crippen LogP contribution in [0.4, 0.5) is 0 Å². The number of ketones is 1. The van der Waals surface area contributed by atoms with Crippen LogP contribution >= 0.6 is 0 Å². The molecule has 0 saturated carbocycles. The average Bonchev–Trinajstić information content (AvgIpc) is 2.65. The first-order valence-electron chi connectivity index (χ1n) is 10.5. The van der Waals surface area contributed by atoms with Gasteiger partial charge in [0.2, 0.25) is 5.91 Å². The van der Waals surface area contributed by atoms with Crippen LogP contribution in [0, 0.1) is 26.7 Å². The summed E-state index contributed by atoms with van der Waals surface area (Å²) >= 11 is 0. The van der Waals surface area contributed by atoms with Crippen molar-refractivity contribution in [3.63, 3.8) is 0 Å². The minimum absolute atomic E-state index is 0.150. The second-order valence-corrected chi connectivity index (χ2v) is 8.48. The normalized spacial score (nSPS) is 19.3. The van der Waals surface area contributed by atoms with Gasteiger partial charge in [0.25, 0.3) is 0 Å². The number of benzene rings is 1. The van der Waals surface area contributed by atoms with Gasteiger partial charge in [0.1, 0.15) is 0 Å². The van der Waals surface area contributed by atoms with E-state index in [0.717, 1.165) is 75.1 Å². The molecule has 1 aromatic rings. The lowest BCUT2D eigenvalue weighted by atomic mass is 9.90. The Morgan fingerprint density at radius 1 is 0.963 bits per heavy atom. The number of aryl methyl sites for hydroxylation is 2. The van der Waals surface area contributed by atoms with Gasteiger partial charge in [-0.1, -0.05) is 6.07 Å². The van der Waals surface area contributed by atoms with Crippen molar-refractivity contribution in [1.82, 2.24) is 9.80 Å². The van der Waals surface area contributed by atoms with Crippen LogP contribution < -0.4 is 0 Å². The van der Waals surface area contributed by atoms with E-state index in [9.17, 15) is 9.59 Å².